The van der Waals surface area contributed by atoms with E-state index in [2.05, 4.69) is 30.4 Å². The second-order valence-electron chi connectivity index (χ2n) is 5.19. The van der Waals surface area contributed by atoms with Crippen LogP contribution in [0.1, 0.15) is 10.5 Å². The lowest BCUT2D eigenvalue weighted by atomic mass is 10.3. The number of ether oxygens (including phenoxy) is 1. The largest absolute Gasteiger partial charge is 0.378 e. The Bertz CT molecular complexity index is 687. The molecule has 0 saturated carbocycles. The maximum atomic E-state index is 12.2. The fourth-order valence-electron chi connectivity index (χ4n) is 2.24. The van der Waals surface area contributed by atoms with Gasteiger partial charge in [0.2, 0.25) is 0 Å². The number of rotatable bonds is 6. The van der Waals surface area contributed by atoms with Gasteiger partial charge >= 0.3 is 0 Å². The number of morpholine rings is 1. The highest BCUT2D eigenvalue weighted by Crippen LogP contribution is 2.14. The Kier molecular flexibility index (Phi) is 5.59. The quantitative estimate of drug-likeness (QED) is 0.573. The van der Waals surface area contributed by atoms with E-state index in [0.29, 0.717) is 31.2 Å². The molecule has 128 valence electrons. The van der Waals surface area contributed by atoms with E-state index >= 15 is 0 Å². The van der Waals surface area contributed by atoms with E-state index in [1.165, 1.54) is 18.1 Å². The maximum absolute atomic E-state index is 12.2. The van der Waals surface area contributed by atoms with Gasteiger partial charge in [0, 0.05) is 38.5 Å². The number of carbonyl (C=O) groups excluding carboxylic acids is 1. The van der Waals surface area contributed by atoms with Gasteiger partial charge in [0.15, 0.2) is 5.16 Å². The maximum Gasteiger partial charge on any atom is 0.270 e. The van der Waals surface area contributed by atoms with Gasteiger partial charge < -0.3 is 19.5 Å². The first-order valence-electron chi connectivity index (χ1n) is 7.64. The highest BCUT2D eigenvalue weighted by atomic mass is 32.2. The summed E-state index contributed by atoms with van der Waals surface area (Å²) >= 11 is 1.54. The van der Waals surface area contributed by atoms with Gasteiger partial charge in [-0.2, -0.15) is 0 Å². The number of hydrogen-bond donors (Lipinski definition) is 1. The number of carbonyl (C=O) groups is 1. The molecule has 0 atom stereocenters. The minimum absolute atomic E-state index is 0.203. The minimum Gasteiger partial charge on any atom is -0.378 e. The third-order valence-electron chi connectivity index (χ3n) is 3.51. The fourth-order valence-corrected chi connectivity index (χ4v) is 2.98. The Morgan fingerprint density at radius 3 is 2.96 bits per heavy atom. The van der Waals surface area contributed by atoms with Crippen molar-refractivity contribution < 1.29 is 9.53 Å². The van der Waals surface area contributed by atoms with E-state index in [4.69, 9.17) is 4.74 Å². The highest BCUT2D eigenvalue weighted by Gasteiger charge is 2.15. The van der Waals surface area contributed by atoms with Crippen LogP contribution in [0.2, 0.25) is 0 Å². The molecule has 2 aromatic heterocycles. The van der Waals surface area contributed by atoms with Crippen molar-refractivity contribution in [3.05, 3.63) is 24.4 Å². The molecule has 1 aliphatic rings. The smallest absolute Gasteiger partial charge is 0.270 e. The molecule has 1 N–H and O–H groups in total. The van der Waals surface area contributed by atoms with Crippen molar-refractivity contribution in [2.75, 3.05) is 43.5 Å². The molecule has 0 unspecified atom stereocenters. The summed E-state index contributed by atoms with van der Waals surface area (Å²) in [5, 5.41) is 11.5. The van der Waals surface area contributed by atoms with Gasteiger partial charge in [-0.15, -0.1) is 10.2 Å². The van der Waals surface area contributed by atoms with E-state index < -0.39 is 0 Å². The lowest BCUT2D eigenvalue weighted by molar-refractivity contribution is 0.0951. The van der Waals surface area contributed by atoms with Gasteiger partial charge in [0.1, 0.15) is 24.2 Å². The molecule has 0 radical (unpaired) electrons. The topological polar surface area (TPSA) is 98.1 Å². The molecule has 0 spiro atoms. The lowest BCUT2D eigenvalue weighted by Crippen LogP contribution is -2.37. The van der Waals surface area contributed by atoms with Crippen molar-refractivity contribution in [3.8, 4) is 0 Å². The Morgan fingerprint density at radius 1 is 1.38 bits per heavy atom. The van der Waals surface area contributed by atoms with Crippen LogP contribution in [0.15, 0.2) is 23.9 Å². The van der Waals surface area contributed by atoms with E-state index in [1.54, 1.807) is 12.4 Å². The van der Waals surface area contributed by atoms with Crippen LogP contribution in [0, 0.1) is 0 Å². The molecule has 0 bridgehead atoms. The summed E-state index contributed by atoms with van der Waals surface area (Å²) in [7, 11) is 1.88. The monoisotopic (exact) mass is 349 g/mol. The van der Waals surface area contributed by atoms with E-state index in [1.807, 2.05) is 11.6 Å². The molecule has 1 saturated heterocycles. The zero-order valence-electron chi connectivity index (χ0n) is 13.4. The summed E-state index contributed by atoms with van der Waals surface area (Å²) in [4.78, 5) is 22.6. The lowest BCUT2D eigenvalue weighted by Gasteiger charge is -2.27. The molecule has 0 aromatic carbocycles. The Hall–Kier alpha value is -2.20. The second kappa shape index (κ2) is 8.06. The predicted octanol–water partition coefficient (Wildman–Crippen LogP) is -0.0362. The number of amides is 1. The minimum atomic E-state index is -0.203. The van der Waals surface area contributed by atoms with E-state index in [0.717, 1.165) is 24.1 Å². The molecule has 9 nitrogen and oxygen atoms in total. The number of nitrogens with zero attached hydrogens (tertiary/aromatic N) is 6. The Labute approximate surface area is 143 Å². The van der Waals surface area contributed by atoms with Crippen LogP contribution in [0.5, 0.6) is 0 Å². The molecule has 3 rings (SSSR count). The molecule has 1 aliphatic heterocycles. The summed E-state index contributed by atoms with van der Waals surface area (Å²) in [5.41, 5.74) is 0.371. The Balaban J connectivity index is 1.50. The third kappa shape index (κ3) is 4.20. The van der Waals surface area contributed by atoms with Crippen molar-refractivity contribution in [2.45, 2.75) is 5.16 Å². The van der Waals surface area contributed by atoms with Crippen LogP contribution >= 0.6 is 11.8 Å². The average molecular weight is 349 g/mol. The Morgan fingerprint density at radius 2 is 2.21 bits per heavy atom. The van der Waals surface area contributed by atoms with E-state index in [9.17, 15) is 4.79 Å². The highest BCUT2D eigenvalue weighted by molar-refractivity contribution is 7.99. The van der Waals surface area contributed by atoms with Crippen LogP contribution in [-0.4, -0.2) is 69.2 Å². The van der Waals surface area contributed by atoms with Crippen LogP contribution in [0.4, 0.5) is 5.82 Å². The summed E-state index contributed by atoms with van der Waals surface area (Å²) in [5.74, 6) is 1.26. The zero-order valence-corrected chi connectivity index (χ0v) is 14.2. The number of aryl methyl sites for hydroxylation is 1. The molecular weight excluding hydrogens is 330 g/mol. The number of nitrogens with one attached hydrogen (secondary N) is 1. The van der Waals surface area contributed by atoms with Crippen molar-refractivity contribution in [1.29, 1.82) is 0 Å². The van der Waals surface area contributed by atoms with Crippen molar-refractivity contribution >= 4 is 23.5 Å². The van der Waals surface area contributed by atoms with Crippen LogP contribution in [0.25, 0.3) is 0 Å². The summed E-state index contributed by atoms with van der Waals surface area (Å²) in [6.07, 6.45) is 3.07. The van der Waals surface area contributed by atoms with Gasteiger partial charge in [-0.3, -0.25) is 4.79 Å². The standard InChI is InChI=1S/C14H19N7O2S/c1-20-10-18-19-14(20)24-7-2-15-13(22)11-8-12(17-9-16-11)21-3-5-23-6-4-21/h8-10H,2-7H2,1H3,(H,15,22). The number of anilines is 1. The molecule has 10 heteroatoms. The summed E-state index contributed by atoms with van der Waals surface area (Å²) in [6.45, 7) is 3.40. The first-order valence-corrected chi connectivity index (χ1v) is 8.62. The van der Waals surface area contributed by atoms with Crippen molar-refractivity contribution in [1.82, 2.24) is 30.0 Å². The predicted molar refractivity (Wildman–Crippen MR) is 89.1 cm³/mol. The fraction of sp³-hybridized carbons (Fsp3) is 0.500. The molecule has 3 heterocycles. The first-order chi connectivity index (χ1) is 11.7. The van der Waals surface area contributed by atoms with Gasteiger partial charge in [-0.05, 0) is 0 Å². The molecule has 2 aromatic rings. The van der Waals surface area contributed by atoms with Crippen LogP contribution < -0.4 is 10.2 Å². The molecule has 0 aliphatic carbocycles. The third-order valence-corrected chi connectivity index (χ3v) is 4.55. The molecule has 1 amide bonds. The zero-order chi connectivity index (χ0) is 16.8. The van der Waals surface area contributed by atoms with Gasteiger partial charge in [-0.25, -0.2) is 9.97 Å². The number of hydrogen-bond acceptors (Lipinski definition) is 8. The summed E-state index contributed by atoms with van der Waals surface area (Å²) < 4.78 is 7.16. The first kappa shape index (κ1) is 16.7. The van der Waals surface area contributed by atoms with Crippen LogP contribution in [-0.2, 0) is 11.8 Å². The van der Waals surface area contributed by atoms with Crippen molar-refractivity contribution in [2.24, 2.45) is 7.05 Å². The van der Waals surface area contributed by atoms with Crippen LogP contribution in [0.3, 0.4) is 0 Å². The second-order valence-corrected chi connectivity index (χ2v) is 6.25. The van der Waals surface area contributed by atoms with E-state index in [-0.39, 0.29) is 5.91 Å². The van der Waals surface area contributed by atoms with Gasteiger partial charge in [0.05, 0.1) is 13.2 Å². The molecule has 1 fully saturated rings. The average Bonchev–Trinajstić information content (AvgIpc) is 3.04. The normalized spacial score (nSPS) is 14.6. The molecule has 24 heavy (non-hydrogen) atoms. The SMILES string of the molecule is Cn1cnnc1SCCNC(=O)c1cc(N2CCOCC2)ncn1. The molecular formula is C14H19N7O2S. The van der Waals surface area contributed by atoms with Crippen molar-refractivity contribution in [3.63, 3.8) is 0 Å². The van der Waals surface area contributed by atoms with Gasteiger partial charge in [-0.1, -0.05) is 11.8 Å². The summed E-state index contributed by atoms with van der Waals surface area (Å²) in [6, 6.07) is 1.72. The number of aromatic nitrogens is 5. The number of thioether (sulfide) groups is 1. The van der Waals surface area contributed by atoms with Gasteiger partial charge in [0.25, 0.3) is 5.91 Å².